The topological polar surface area (TPSA) is 207 Å². The minimum absolute atomic E-state index is 0.0745. The predicted octanol–water partition coefficient (Wildman–Crippen LogP) is 3.78. The highest BCUT2D eigenvalue weighted by atomic mass is 35.5. The van der Waals surface area contributed by atoms with Gasteiger partial charge in [-0.2, -0.15) is 18.2 Å². The van der Waals surface area contributed by atoms with Crippen molar-refractivity contribution in [2.24, 2.45) is 11.5 Å². The lowest BCUT2D eigenvalue weighted by Crippen LogP contribution is -2.21. The maximum absolute atomic E-state index is 13.1. The highest BCUT2D eigenvalue weighted by Gasteiger charge is 2.33. The van der Waals surface area contributed by atoms with Crippen molar-refractivity contribution >= 4 is 40.5 Å². The smallest absolute Gasteiger partial charge is 0.417 e. The van der Waals surface area contributed by atoms with Crippen LogP contribution in [0.2, 0.25) is 5.02 Å². The van der Waals surface area contributed by atoms with Crippen molar-refractivity contribution in [3.8, 4) is 29.0 Å². The van der Waals surface area contributed by atoms with Gasteiger partial charge in [0, 0.05) is 5.56 Å². The van der Waals surface area contributed by atoms with Crippen molar-refractivity contribution in [1.82, 2.24) is 15.0 Å². The van der Waals surface area contributed by atoms with E-state index in [1.165, 1.54) is 24.4 Å². The molecule has 0 unspecified atom stereocenters. The van der Waals surface area contributed by atoms with Gasteiger partial charge in [-0.25, -0.2) is 14.8 Å². The number of nitrogens with one attached hydrogen (secondary N) is 2. The first kappa shape index (κ1) is 26.2. The van der Waals surface area contributed by atoms with Crippen LogP contribution in [0.5, 0.6) is 17.5 Å². The lowest BCUT2D eigenvalue weighted by atomic mass is 10.0. The number of ether oxygens (including phenoxy) is 2. The Morgan fingerprint density at radius 3 is 2.34 bits per heavy atom. The van der Waals surface area contributed by atoms with E-state index in [1.54, 1.807) is 0 Å². The summed E-state index contributed by atoms with van der Waals surface area (Å²) in [4.78, 5) is 23.1. The molecule has 0 amide bonds. The number of carboxylic acid groups (broad SMARTS) is 1. The first-order valence-electron chi connectivity index (χ1n) is 10.2. The predicted molar refractivity (Wildman–Crippen MR) is 127 cm³/mol. The van der Waals surface area contributed by atoms with Gasteiger partial charge in [0.1, 0.15) is 28.7 Å². The van der Waals surface area contributed by atoms with Crippen LogP contribution in [0, 0.1) is 10.8 Å². The molecule has 0 aliphatic carbocycles. The molecule has 0 spiro atoms. The largest absolute Gasteiger partial charge is 0.480 e. The Morgan fingerprint density at radius 2 is 1.76 bits per heavy atom. The molecule has 7 N–H and O–H groups in total. The van der Waals surface area contributed by atoms with Gasteiger partial charge in [-0.3, -0.25) is 10.8 Å². The van der Waals surface area contributed by atoms with E-state index in [-0.39, 0.29) is 51.3 Å². The van der Waals surface area contributed by atoms with Crippen LogP contribution >= 0.6 is 11.6 Å². The fraction of sp³-hybridized carbons (Fsp3) is 0.0909. The van der Waals surface area contributed by atoms with Crippen LogP contribution in [0.25, 0.3) is 22.7 Å². The van der Waals surface area contributed by atoms with Crippen molar-refractivity contribution < 1.29 is 37.0 Å². The summed E-state index contributed by atoms with van der Waals surface area (Å²) < 4.78 is 55.6. The molecule has 0 fully saturated rings. The SMILES string of the molecule is N=C(N)c1cc(-c2nc3cnc(Oc4ccc(Cl)c(C(F)(F)F)c4)nc3o2)cc(C(=N)N)c1OCC(=O)O. The maximum atomic E-state index is 13.1. The van der Waals surface area contributed by atoms with E-state index < -0.39 is 41.0 Å². The molecule has 12 nitrogen and oxygen atoms in total. The number of halogens is 4. The third kappa shape index (κ3) is 5.41. The summed E-state index contributed by atoms with van der Waals surface area (Å²) in [7, 11) is 0. The number of carbonyl (C=O) groups is 1. The van der Waals surface area contributed by atoms with E-state index in [9.17, 15) is 18.0 Å². The number of nitrogens with two attached hydrogens (primary N) is 2. The third-order valence-corrected chi connectivity index (χ3v) is 5.17. The number of amidine groups is 2. The molecule has 0 aliphatic heterocycles. The summed E-state index contributed by atoms with van der Waals surface area (Å²) in [6, 6.07) is 5.21. The molecule has 0 radical (unpaired) electrons. The monoisotopic (exact) mass is 549 g/mol. The van der Waals surface area contributed by atoms with Gasteiger partial charge in [-0.05, 0) is 30.3 Å². The summed E-state index contributed by atoms with van der Waals surface area (Å²) in [6.07, 6.45) is -3.50. The Balaban J connectivity index is 1.72. The average molecular weight is 550 g/mol. The molecule has 2 aromatic heterocycles. The molecule has 0 saturated carbocycles. The van der Waals surface area contributed by atoms with Crippen LogP contribution in [0.3, 0.4) is 0 Å². The van der Waals surface area contributed by atoms with E-state index in [2.05, 4.69) is 15.0 Å². The van der Waals surface area contributed by atoms with Gasteiger partial charge >= 0.3 is 18.2 Å². The first-order valence-corrected chi connectivity index (χ1v) is 10.6. The Bertz CT molecular complexity index is 1570. The molecule has 196 valence electrons. The second-order valence-corrected chi connectivity index (χ2v) is 7.92. The standard InChI is InChI=1S/C22H15ClF3N7O5/c23-13-2-1-9(5-12(13)22(24,25)26)37-21-31-6-14-20(33-21)38-19(32-14)8-3-10(17(27)28)16(36-7-15(34)35)11(4-8)18(29)30/h1-6H,7H2,(H3,27,28)(H3,29,30)(H,34,35). The van der Waals surface area contributed by atoms with E-state index >= 15 is 0 Å². The maximum Gasteiger partial charge on any atom is 0.417 e. The van der Waals surface area contributed by atoms with E-state index in [1.807, 2.05) is 0 Å². The molecule has 0 bridgehead atoms. The molecule has 4 rings (SSSR count). The van der Waals surface area contributed by atoms with Gasteiger partial charge in [0.05, 0.1) is 27.9 Å². The van der Waals surface area contributed by atoms with Gasteiger partial charge in [0.15, 0.2) is 6.61 Å². The molecular weight excluding hydrogens is 535 g/mol. The molecule has 0 saturated heterocycles. The lowest BCUT2D eigenvalue weighted by Gasteiger charge is -2.15. The average Bonchev–Trinajstić information content (AvgIpc) is 3.26. The Hall–Kier alpha value is -4.92. The quantitative estimate of drug-likeness (QED) is 0.159. The van der Waals surface area contributed by atoms with Crippen LogP contribution in [0.1, 0.15) is 16.7 Å². The number of aliphatic carboxylic acids is 1. The van der Waals surface area contributed by atoms with Crippen molar-refractivity contribution in [2.75, 3.05) is 6.61 Å². The van der Waals surface area contributed by atoms with Crippen molar-refractivity contribution in [1.29, 1.82) is 10.8 Å². The van der Waals surface area contributed by atoms with Crippen molar-refractivity contribution in [3.05, 3.63) is 58.2 Å². The zero-order valence-corrected chi connectivity index (χ0v) is 19.5. The number of rotatable bonds is 8. The summed E-state index contributed by atoms with van der Waals surface area (Å²) in [5, 5.41) is 24.1. The fourth-order valence-corrected chi connectivity index (χ4v) is 3.45. The molecule has 16 heteroatoms. The number of fused-ring (bicyclic) bond motifs is 1. The van der Waals surface area contributed by atoms with Crippen LogP contribution in [0.4, 0.5) is 13.2 Å². The molecule has 38 heavy (non-hydrogen) atoms. The number of nitrogen functional groups attached to an aromatic ring is 2. The summed E-state index contributed by atoms with van der Waals surface area (Å²) >= 11 is 5.62. The summed E-state index contributed by atoms with van der Waals surface area (Å²) in [5.74, 6) is -2.82. The molecule has 4 aromatic rings. The molecule has 2 aromatic carbocycles. The fourth-order valence-electron chi connectivity index (χ4n) is 3.23. The zero-order valence-electron chi connectivity index (χ0n) is 18.8. The van der Waals surface area contributed by atoms with Gasteiger partial charge in [-0.15, -0.1) is 0 Å². The zero-order chi connectivity index (χ0) is 27.8. The normalized spacial score (nSPS) is 11.4. The van der Waals surface area contributed by atoms with Crippen LogP contribution < -0.4 is 20.9 Å². The second kappa shape index (κ2) is 9.85. The number of oxazole rings is 1. The molecule has 0 atom stereocenters. The number of hydrogen-bond donors (Lipinski definition) is 5. The number of nitrogens with zero attached hydrogens (tertiary/aromatic N) is 3. The second-order valence-electron chi connectivity index (χ2n) is 7.51. The number of hydrogen-bond acceptors (Lipinski definition) is 9. The Kier molecular flexibility index (Phi) is 6.78. The minimum atomic E-state index is -4.70. The highest BCUT2D eigenvalue weighted by molar-refractivity contribution is 6.31. The molecule has 2 heterocycles. The Labute approximate surface area is 215 Å². The summed E-state index contributed by atoms with van der Waals surface area (Å²) in [6.45, 7) is -0.779. The van der Waals surface area contributed by atoms with Crippen LogP contribution in [-0.2, 0) is 11.0 Å². The first-order chi connectivity index (χ1) is 17.8. The van der Waals surface area contributed by atoms with Crippen molar-refractivity contribution in [3.63, 3.8) is 0 Å². The van der Waals surface area contributed by atoms with Gasteiger partial charge in [0.25, 0.3) is 5.71 Å². The summed E-state index contributed by atoms with van der Waals surface area (Å²) in [5.41, 5.74) is 10.2. The minimum Gasteiger partial charge on any atom is -0.480 e. The molecule has 0 aliphatic rings. The van der Waals surface area contributed by atoms with E-state index in [4.69, 9.17) is 52.9 Å². The van der Waals surface area contributed by atoms with Gasteiger partial charge < -0.3 is 30.5 Å². The number of carboxylic acids is 1. The van der Waals surface area contributed by atoms with E-state index in [0.717, 1.165) is 6.07 Å². The third-order valence-electron chi connectivity index (χ3n) is 4.84. The highest BCUT2D eigenvalue weighted by Crippen LogP contribution is 2.38. The van der Waals surface area contributed by atoms with Gasteiger partial charge in [0.2, 0.25) is 5.89 Å². The van der Waals surface area contributed by atoms with Crippen LogP contribution in [0.15, 0.2) is 40.9 Å². The van der Waals surface area contributed by atoms with Gasteiger partial charge in [-0.1, -0.05) is 11.6 Å². The van der Waals surface area contributed by atoms with E-state index in [0.29, 0.717) is 6.07 Å². The van der Waals surface area contributed by atoms with Crippen molar-refractivity contribution in [2.45, 2.75) is 6.18 Å². The Morgan fingerprint density at radius 1 is 1.11 bits per heavy atom. The number of benzene rings is 2. The number of alkyl halides is 3. The van der Waals surface area contributed by atoms with Crippen LogP contribution in [-0.4, -0.2) is 44.3 Å². The number of aromatic nitrogens is 3. The lowest BCUT2D eigenvalue weighted by molar-refractivity contribution is -0.139. The molecular formula is C22H15ClF3N7O5.